The van der Waals surface area contributed by atoms with Gasteiger partial charge in [-0.2, -0.15) is 0 Å². The first-order valence-corrected chi connectivity index (χ1v) is 9.00. The zero-order valence-corrected chi connectivity index (χ0v) is 15.9. The van der Waals surface area contributed by atoms with Crippen molar-refractivity contribution >= 4 is 58.1 Å². The molecule has 10 heteroatoms. The van der Waals surface area contributed by atoms with Crippen LogP contribution in [-0.2, 0) is 19.2 Å². The molecule has 142 valence electrons. The predicted molar refractivity (Wildman–Crippen MR) is 102 cm³/mol. The van der Waals surface area contributed by atoms with E-state index in [0.717, 1.165) is 27.8 Å². The number of thioether (sulfide) groups is 1. The van der Waals surface area contributed by atoms with Gasteiger partial charge in [0.15, 0.2) is 0 Å². The molecule has 3 N–H and O–H groups in total. The molecule has 1 aliphatic rings. The van der Waals surface area contributed by atoms with Crippen LogP contribution in [0.1, 0.15) is 17.5 Å². The number of carboxylic acids is 1. The van der Waals surface area contributed by atoms with E-state index in [1.807, 2.05) is 31.2 Å². The molecule has 1 aromatic carbocycles. The van der Waals surface area contributed by atoms with E-state index in [1.165, 1.54) is 0 Å². The van der Waals surface area contributed by atoms with Crippen LogP contribution in [0.15, 0.2) is 29.2 Å². The number of aliphatic carboxylic acids is 1. The second-order valence-electron chi connectivity index (χ2n) is 5.79. The number of hydrogen-bond acceptors (Lipinski definition) is 7. The number of primary amides is 1. The average Bonchev–Trinajstić information content (AvgIpc) is 2.83. The van der Waals surface area contributed by atoms with E-state index < -0.39 is 42.7 Å². The molecule has 1 aliphatic heterocycles. The van der Waals surface area contributed by atoms with Crippen molar-refractivity contribution < 1.29 is 24.3 Å². The van der Waals surface area contributed by atoms with Crippen LogP contribution in [0.3, 0.4) is 0 Å². The first kappa shape index (κ1) is 20.6. The van der Waals surface area contributed by atoms with Crippen LogP contribution in [0.5, 0.6) is 0 Å². The standard InChI is InChI=1S/C17H17N3O5S2/c1-9-2-4-10(5-3-9)6-12-15(23)20(17(26)27-12)8-14(22)19-11(16(24)25)7-13(18)21/h2-6,11H,7-8H2,1H3,(H2,18,21)(H,19,22)(H,24,25)/p-1/b12-6+/t11-/m0/s1. The van der Waals surface area contributed by atoms with Crippen LogP contribution in [0.4, 0.5) is 0 Å². The Labute approximate surface area is 164 Å². The molecule has 2 rings (SSSR count). The van der Waals surface area contributed by atoms with E-state index >= 15 is 0 Å². The van der Waals surface area contributed by atoms with E-state index in [1.54, 1.807) is 6.08 Å². The van der Waals surface area contributed by atoms with Crippen molar-refractivity contribution in [2.24, 2.45) is 5.73 Å². The number of thiocarbonyl (C=S) groups is 1. The van der Waals surface area contributed by atoms with Gasteiger partial charge < -0.3 is 21.0 Å². The van der Waals surface area contributed by atoms with Crippen LogP contribution in [0, 0.1) is 6.92 Å². The monoisotopic (exact) mass is 406 g/mol. The van der Waals surface area contributed by atoms with Gasteiger partial charge in [-0.05, 0) is 18.6 Å². The molecule has 0 saturated carbocycles. The normalized spacial score (nSPS) is 16.5. The molecular formula is C17H16N3O5S2-. The Hall–Kier alpha value is -2.72. The van der Waals surface area contributed by atoms with E-state index in [0.29, 0.717) is 4.91 Å². The van der Waals surface area contributed by atoms with Crippen LogP contribution >= 0.6 is 24.0 Å². The lowest BCUT2D eigenvalue weighted by molar-refractivity contribution is -0.308. The summed E-state index contributed by atoms with van der Waals surface area (Å²) in [4.78, 5) is 47.8. The summed E-state index contributed by atoms with van der Waals surface area (Å²) in [5, 5.41) is 13.1. The third kappa shape index (κ3) is 5.63. The molecule has 0 unspecified atom stereocenters. The van der Waals surface area contributed by atoms with E-state index in [9.17, 15) is 24.3 Å². The number of benzene rings is 1. The van der Waals surface area contributed by atoms with Crippen molar-refractivity contribution in [1.82, 2.24) is 10.2 Å². The molecule has 1 fully saturated rings. The van der Waals surface area contributed by atoms with Crippen LogP contribution in [-0.4, -0.2) is 45.5 Å². The Kier molecular flexibility index (Phi) is 6.70. The molecule has 1 aromatic rings. The van der Waals surface area contributed by atoms with Crippen molar-refractivity contribution in [1.29, 1.82) is 0 Å². The van der Waals surface area contributed by atoms with E-state index in [-0.39, 0.29) is 4.32 Å². The highest BCUT2D eigenvalue weighted by molar-refractivity contribution is 8.26. The van der Waals surface area contributed by atoms with Gasteiger partial charge in [0.2, 0.25) is 11.8 Å². The summed E-state index contributed by atoms with van der Waals surface area (Å²) in [7, 11) is 0. The molecule has 0 spiro atoms. The highest BCUT2D eigenvalue weighted by Gasteiger charge is 2.33. The first-order chi connectivity index (χ1) is 12.7. The summed E-state index contributed by atoms with van der Waals surface area (Å²) in [6, 6.07) is 5.93. The minimum atomic E-state index is -1.65. The lowest BCUT2D eigenvalue weighted by Gasteiger charge is -2.20. The Morgan fingerprint density at radius 3 is 2.52 bits per heavy atom. The molecule has 27 heavy (non-hydrogen) atoms. The quantitative estimate of drug-likeness (QED) is 0.452. The number of hydrogen-bond donors (Lipinski definition) is 2. The maximum atomic E-state index is 12.5. The second-order valence-corrected chi connectivity index (χ2v) is 7.46. The lowest BCUT2D eigenvalue weighted by atomic mass is 10.1. The van der Waals surface area contributed by atoms with Gasteiger partial charge in [0.1, 0.15) is 10.9 Å². The SMILES string of the molecule is Cc1ccc(/C=C2/SC(=S)N(CC(=O)N[C@@H](CC(N)=O)C(=O)[O-])C2=O)cc1. The van der Waals surface area contributed by atoms with E-state index in [4.69, 9.17) is 18.0 Å². The molecule has 1 atom stereocenters. The van der Waals surface area contributed by atoms with Crippen LogP contribution in [0.25, 0.3) is 6.08 Å². The smallest absolute Gasteiger partial charge is 0.266 e. The number of nitrogens with two attached hydrogens (primary N) is 1. The summed E-state index contributed by atoms with van der Waals surface area (Å²) < 4.78 is 0.174. The van der Waals surface area contributed by atoms with Gasteiger partial charge in [0.25, 0.3) is 5.91 Å². The van der Waals surface area contributed by atoms with Gasteiger partial charge in [-0.15, -0.1) is 0 Å². The fraction of sp³-hybridized carbons (Fsp3) is 0.235. The summed E-state index contributed by atoms with van der Waals surface area (Å²) in [5.41, 5.74) is 6.83. The lowest BCUT2D eigenvalue weighted by Crippen LogP contribution is -2.52. The van der Waals surface area contributed by atoms with Crippen molar-refractivity contribution in [2.45, 2.75) is 19.4 Å². The Balaban J connectivity index is 2.06. The number of rotatable bonds is 7. The second kappa shape index (κ2) is 8.78. The molecule has 0 radical (unpaired) electrons. The minimum Gasteiger partial charge on any atom is -0.548 e. The molecule has 1 heterocycles. The summed E-state index contributed by atoms with van der Waals surface area (Å²) >= 11 is 6.17. The summed E-state index contributed by atoms with van der Waals surface area (Å²) in [6.07, 6.45) is 1.05. The Bertz CT molecular complexity index is 835. The molecule has 8 nitrogen and oxygen atoms in total. The van der Waals surface area contributed by atoms with Gasteiger partial charge in [-0.25, -0.2) is 0 Å². The van der Waals surface area contributed by atoms with Crippen molar-refractivity contribution in [3.8, 4) is 0 Å². The molecule has 0 aliphatic carbocycles. The van der Waals surface area contributed by atoms with Crippen LogP contribution in [0.2, 0.25) is 0 Å². The van der Waals surface area contributed by atoms with Crippen molar-refractivity contribution in [2.75, 3.05) is 6.54 Å². The van der Waals surface area contributed by atoms with Crippen LogP contribution < -0.4 is 16.2 Å². The van der Waals surface area contributed by atoms with Crippen molar-refractivity contribution in [3.63, 3.8) is 0 Å². The maximum Gasteiger partial charge on any atom is 0.266 e. The number of nitrogens with one attached hydrogen (secondary N) is 1. The first-order valence-electron chi connectivity index (χ1n) is 7.78. The Morgan fingerprint density at radius 2 is 1.96 bits per heavy atom. The van der Waals surface area contributed by atoms with Gasteiger partial charge in [-0.1, -0.05) is 53.8 Å². The number of carboxylic acid groups (broad SMARTS) is 1. The fourth-order valence-electron chi connectivity index (χ4n) is 2.23. The maximum absolute atomic E-state index is 12.5. The zero-order chi connectivity index (χ0) is 20.1. The molecule has 1 saturated heterocycles. The fourth-order valence-corrected chi connectivity index (χ4v) is 3.48. The largest absolute Gasteiger partial charge is 0.548 e. The van der Waals surface area contributed by atoms with Gasteiger partial charge in [0, 0.05) is 0 Å². The van der Waals surface area contributed by atoms with E-state index in [2.05, 4.69) is 5.32 Å². The third-order valence-corrected chi connectivity index (χ3v) is 4.95. The Morgan fingerprint density at radius 1 is 1.33 bits per heavy atom. The zero-order valence-electron chi connectivity index (χ0n) is 14.3. The number of nitrogens with zero attached hydrogens (tertiary/aromatic N) is 1. The summed E-state index contributed by atoms with van der Waals surface area (Å²) in [6.45, 7) is 1.47. The molecule has 3 amide bonds. The number of carbonyl (C=O) groups is 4. The number of amides is 3. The number of aryl methyl sites for hydroxylation is 1. The number of carbonyl (C=O) groups excluding carboxylic acids is 4. The predicted octanol–water partition coefficient (Wildman–Crippen LogP) is -0.694. The van der Waals surface area contributed by atoms with Gasteiger partial charge in [0.05, 0.1) is 23.3 Å². The van der Waals surface area contributed by atoms with Crippen molar-refractivity contribution in [3.05, 3.63) is 40.3 Å². The minimum absolute atomic E-state index is 0.174. The molecule has 0 aromatic heterocycles. The highest BCUT2D eigenvalue weighted by Crippen LogP contribution is 2.32. The van der Waals surface area contributed by atoms with Gasteiger partial charge >= 0.3 is 0 Å². The molecular weight excluding hydrogens is 390 g/mol. The average molecular weight is 406 g/mol. The third-order valence-electron chi connectivity index (χ3n) is 3.58. The molecule has 0 bridgehead atoms. The highest BCUT2D eigenvalue weighted by atomic mass is 32.2. The summed E-state index contributed by atoms with van der Waals surface area (Å²) in [5.74, 6) is -3.80. The van der Waals surface area contributed by atoms with Gasteiger partial charge in [-0.3, -0.25) is 19.3 Å². The topological polar surface area (TPSA) is 133 Å².